The lowest BCUT2D eigenvalue weighted by atomic mass is 9.98. The topological polar surface area (TPSA) is 50.4 Å². The molecule has 118 valence electrons. The number of ether oxygens (including phenoxy) is 1. The Morgan fingerprint density at radius 3 is 2.90 bits per heavy atom. The van der Waals surface area contributed by atoms with Crippen LogP contribution >= 0.6 is 28.3 Å². The number of nitrogens with one attached hydrogen (secondary N) is 2. The molecule has 1 aliphatic rings. The van der Waals surface area contributed by atoms with E-state index in [0.29, 0.717) is 23.2 Å². The minimum Gasteiger partial charge on any atom is -0.383 e. The second kappa shape index (κ2) is 8.08. The van der Waals surface area contributed by atoms with Crippen molar-refractivity contribution < 1.29 is 13.9 Å². The molecule has 1 aromatic rings. The minimum absolute atomic E-state index is 0. The number of rotatable bonds is 5. The van der Waals surface area contributed by atoms with Gasteiger partial charge in [0.1, 0.15) is 5.82 Å². The van der Waals surface area contributed by atoms with Crippen LogP contribution in [0.5, 0.6) is 0 Å². The quantitative estimate of drug-likeness (QED) is 0.824. The Labute approximate surface area is 138 Å². The number of hydrogen-bond acceptors (Lipinski definition) is 3. The number of carbonyl (C=O) groups is 1. The highest BCUT2D eigenvalue weighted by molar-refractivity contribution is 9.10. The molecule has 1 saturated heterocycles. The number of halogens is 3. The van der Waals surface area contributed by atoms with E-state index >= 15 is 0 Å². The lowest BCUT2D eigenvalue weighted by Gasteiger charge is -2.28. The van der Waals surface area contributed by atoms with E-state index in [0.717, 1.165) is 19.4 Å². The van der Waals surface area contributed by atoms with Crippen molar-refractivity contribution in [1.82, 2.24) is 10.6 Å². The van der Waals surface area contributed by atoms with Gasteiger partial charge < -0.3 is 15.4 Å². The van der Waals surface area contributed by atoms with Gasteiger partial charge in [-0.15, -0.1) is 12.4 Å². The van der Waals surface area contributed by atoms with Gasteiger partial charge in [-0.05, 0) is 53.5 Å². The highest BCUT2D eigenvalue weighted by Gasteiger charge is 2.33. The molecular weight excluding hydrogens is 363 g/mol. The van der Waals surface area contributed by atoms with Gasteiger partial charge in [-0.25, -0.2) is 4.39 Å². The zero-order valence-electron chi connectivity index (χ0n) is 11.7. The van der Waals surface area contributed by atoms with Gasteiger partial charge in [-0.1, -0.05) is 0 Å². The molecule has 0 saturated carbocycles. The Morgan fingerprint density at radius 1 is 1.57 bits per heavy atom. The molecule has 1 unspecified atom stereocenters. The first-order valence-corrected chi connectivity index (χ1v) is 7.33. The largest absolute Gasteiger partial charge is 0.383 e. The number of carbonyl (C=O) groups excluding carboxylic acids is 1. The fourth-order valence-electron chi connectivity index (χ4n) is 2.46. The molecule has 0 aromatic heterocycles. The van der Waals surface area contributed by atoms with E-state index in [2.05, 4.69) is 26.6 Å². The summed E-state index contributed by atoms with van der Waals surface area (Å²) in [7, 11) is 1.65. The number of methoxy groups -OCH3 is 1. The van der Waals surface area contributed by atoms with Crippen molar-refractivity contribution in [3.8, 4) is 0 Å². The van der Waals surface area contributed by atoms with Gasteiger partial charge in [0.15, 0.2) is 0 Å². The molecule has 1 atom stereocenters. The molecule has 1 aromatic carbocycles. The zero-order chi connectivity index (χ0) is 14.6. The van der Waals surface area contributed by atoms with Crippen molar-refractivity contribution in [1.29, 1.82) is 0 Å². The monoisotopic (exact) mass is 380 g/mol. The fraction of sp³-hybridized carbons (Fsp3) is 0.500. The maximum atomic E-state index is 13.4. The van der Waals surface area contributed by atoms with Crippen molar-refractivity contribution in [3.63, 3.8) is 0 Å². The van der Waals surface area contributed by atoms with Crippen molar-refractivity contribution in [2.75, 3.05) is 26.8 Å². The van der Waals surface area contributed by atoms with Crippen molar-refractivity contribution in [2.24, 2.45) is 0 Å². The van der Waals surface area contributed by atoms with Crippen LogP contribution in [0.1, 0.15) is 23.2 Å². The van der Waals surface area contributed by atoms with E-state index in [9.17, 15) is 9.18 Å². The molecule has 7 heteroatoms. The predicted molar refractivity (Wildman–Crippen MR) is 85.5 cm³/mol. The standard InChI is InChI=1S/C14H18BrFN2O2.ClH/c1-20-9-14(5-2-6-18-14)8-17-13(19)10-3-4-11(15)12(16)7-10;/h3-4,7,18H,2,5-6,8-9H2,1H3,(H,17,19);1H. The lowest BCUT2D eigenvalue weighted by molar-refractivity contribution is 0.0891. The van der Waals surface area contributed by atoms with Crippen LogP contribution in [-0.4, -0.2) is 38.3 Å². The Bertz CT molecular complexity index is 496. The van der Waals surface area contributed by atoms with Gasteiger partial charge in [-0.2, -0.15) is 0 Å². The van der Waals surface area contributed by atoms with Crippen LogP contribution in [0, 0.1) is 5.82 Å². The Balaban J connectivity index is 0.00000220. The first kappa shape index (κ1) is 18.4. The van der Waals surface area contributed by atoms with E-state index in [-0.39, 0.29) is 23.9 Å². The average Bonchev–Trinajstić information content (AvgIpc) is 2.89. The van der Waals surface area contributed by atoms with E-state index in [1.165, 1.54) is 12.1 Å². The SMILES string of the molecule is COCC1(CNC(=O)c2ccc(Br)c(F)c2)CCCN1.Cl. The summed E-state index contributed by atoms with van der Waals surface area (Å²) in [6, 6.07) is 4.35. The van der Waals surface area contributed by atoms with Crippen LogP contribution in [0.25, 0.3) is 0 Å². The summed E-state index contributed by atoms with van der Waals surface area (Å²) in [6.07, 6.45) is 2.02. The molecule has 1 fully saturated rings. The van der Waals surface area contributed by atoms with Crippen LogP contribution in [0.15, 0.2) is 22.7 Å². The second-order valence-electron chi connectivity index (χ2n) is 5.06. The van der Waals surface area contributed by atoms with Crippen molar-refractivity contribution in [3.05, 3.63) is 34.1 Å². The fourth-order valence-corrected chi connectivity index (χ4v) is 2.71. The van der Waals surface area contributed by atoms with Crippen LogP contribution in [0.3, 0.4) is 0 Å². The summed E-state index contributed by atoms with van der Waals surface area (Å²) in [4.78, 5) is 12.0. The van der Waals surface area contributed by atoms with E-state index < -0.39 is 5.82 Å². The maximum absolute atomic E-state index is 13.4. The highest BCUT2D eigenvalue weighted by atomic mass is 79.9. The third kappa shape index (κ3) is 4.64. The summed E-state index contributed by atoms with van der Waals surface area (Å²) < 4.78 is 19.0. The Morgan fingerprint density at radius 2 is 2.33 bits per heavy atom. The third-order valence-electron chi connectivity index (χ3n) is 3.52. The van der Waals surface area contributed by atoms with Gasteiger partial charge >= 0.3 is 0 Å². The molecule has 4 nitrogen and oxygen atoms in total. The van der Waals surface area contributed by atoms with Gasteiger partial charge in [0.2, 0.25) is 0 Å². The Kier molecular flexibility index (Phi) is 7.06. The summed E-state index contributed by atoms with van der Waals surface area (Å²) in [6.45, 7) is 1.94. The molecule has 2 N–H and O–H groups in total. The molecule has 0 spiro atoms. The average molecular weight is 382 g/mol. The van der Waals surface area contributed by atoms with Crippen molar-refractivity contribution in [2.45, 2.75) is 18.4 Å². The van der Waals surface area contributed by atoms with E-state index in [1.807, 2.05) is 0 Å². The molecule has 0 bridgehead atoms. The van der Waals surface area contributed by atoms with Gasteiger partial charge in [0.05, 0.1) is 16.6 Å². The predicted octanol–water partition coefficient (Wildman–Crippen LogP) is 2.51. The molecule has 0 radical (unpaired) electrons. The molecule has 2 rings (SSSR count). The third-order valence-corrected chi connectivity index (χ3v) is 4.16. The molecule has 0 aliphatic carbocycles. The summed E-state index contributed by atoms with van der Waals surface area (Å²) in [5.74, 6) is -0.719. The summed E-state index contributed by atoms with van der Waals surface area (Å²) >= 11 is 3.07. The molecular formula is C14H19BrClFN2O2. The van der Waals surface area contributed by atoms with Crippen LogP contribution < -0.4 is 10.6 Å². The van der Waals surface area contributed by atoms with Crippen LogP contribution in [0.2, 0.25) is 0 Å². The number of amides is 1. The van der Waals surface area contributed by atoms with E-state index in [4.69, 9.17) is 4.74 Å². The normalized spacial score (nSPS) is 20.9. The van der Waals surface area contributed by atoms with Gasteiger partial charge in [0, 0.05) is 19.2 Å². The smallest absolute Gasteiger partial charge is 0.251 e. The molecule has 1 amide bonds. The number of hydrogen-bond donors (Lipinski definition) is 2. The van der Waals surface area contributed by atoms with Crippen molar-refractivity contribution >= 4 is 34.2 Å². The first-order chi connectivity index (χ1) is 9.56. The molecule has 1 heterocycles. The zero-order valence-corrected chi connectivity index (χ0v) is 14.2. The van der Waals surface area contributed by atoms with Gasteiger partial charge in [-0.3, -0.25) is 4.79 Å². The summed E-state index contributed by atoms with van der Waals surface area (Å²) in [5, 5.41) is 6.23. The highest BCUT2D eigenvalue weighted by Crippen LogP contribution is 2.20. The van der Waals surface area contributed by atoms with Crippen LogP contribution in [0.4, 0.5) is 4.39 Å². The minimum atomic E-state index is -0.441. The first-order valence-electron chi connectivity index (χ1n) is 6.53. The van der Waals surface area contributed by atoms with E-state index in [1.54, 1.807) is 13.2 Å². The molecule has 21 heavy (non-hydrogen) atoms. The second-order valence-corrected chi connectivity index (χ2v) is 5.91. The number of benzene rings is 1. The summed E-state index contributed by atoms with van der Waals surface area (Å²) in [5.41, 5.74) is 0.106. The maximum Gasteiger partial charge on any atom is 0.251 e. The van der Waals surface area contributed by atoms with Gasteiger partial charge in [0.25, 0.3) is 5.91 Å². The lowest BCUT2D eigenvalue weighted by Crippen LogP contribution is -2.53. The van der Waals surface area contributed by atoms with Crippen LogP contribution in [-0.2, 0) is 4.74 Å². The Hall–Kier alpha value is -0.690. The molecule has 1 aliphatic heterocycles.